The van der Waals surface area contributed by atoms with Crippen molar-refractivity contribution in [1.82, 2.24) is 0 Å². The van der Waals surface area contributed by atoms with Crippen molar-refractivity contribution in [3.63, 3.8) is 0 Å². The fourth-order valence-corrected chi connectivity index (χ4v) is 10.1. The highest BCUT2D eigenvalue weighted by Crippen LogP contribution is 2.43. The quantitative estimate of drug-likeness (QED) is 0.0863. The van der Waals surface area contributed by atoms with Gasteiger partial charge in [-0.1, -0.05) is 103 Å². The van der Waals surface area contributed by atoms with Crippen LogP contribution in [0.5, 0.6) is 28.7 Å². The van der Waals surface area contributed by atoms with Crippen LogP contribution in [0.25, 0.3) is 40.1 Å². The summed E-state index contributed by atoms with van der Waals surface area (Å²) in [6.07, 6.45) is 15.8. The molecular weight excluding hydrogens is 769 g/mol. The Morgan fingerprint density at radius 3 is 1.65 bits per heavy atom. The van der Waals surface area contributed by atoms with E-state index in [0.717, 1.165) is 92.1 Å². The van der Waals surface area contributed by atoms with Crippen molar-refractivity contribution in [3.05, 3.63) is 200 Å². The molecule has 0 heterocycles. The first kappa shape index (κ1) is 39.1. The van der Waals surface area contributed by atoms with Gasteiger partial charge < -0.3 is 30.6 Å². The van der Waals surface area contributed by atoms with Gasteiger partial charge in [0.1, 0.15) is 28.7 Å². The molecule has 0 saturated carbocycles. The monoisotopic (exact) mass is 816 g/mol. The number of rotatable bonds is 9. The van der Waals surface area contributed by atoms with Crippen molar-refractivity contribution in [2.75, 3.05) is 0 Å². The van der Waals surface area contributed by atoms with Gasteiger partial charge in [-0.05, 0) is 152 Å². The second-order valence-corrected chi connectivity index (χ2v) is 17.0. The van der Waals surface area contributed by atoms with E-state index in [1.165, 1.54) is 0 Å². The minimum atomic E-state index is -0.770. The van der Waals surface area contributed by atoms with Crippen molar-refractivity contribution < 1.29 is 30.6 Å². The summed E-state index contributed by atoms with van der Waals surface area (Å²) < 4.78 is 0. The van der Waals surface area contributed by atoms with Gasteiger partial charge in [-0.15, -0.1) is 0 Å². The number of aliphatic hydroxyl groups is 1. The van der Waals surface area contributed by atoms with Crippen LogP contribution in [-0.2, 0) is 38.5 Å². The van der Waals surface area contributed by atoms with E-state index in [1.807, 2.05) is 103 Å². The molecule has 3 aliphatic carbocycles. The fourth-order valence-electron chi connectivity index (χ4n) is 10.1. The molecule has 0 radical (unpaired) electrons. The first-order valence-corrected chi connectivity index (χ1v) is 21.6. The molecule has 6 nitrogen and oxygen atoms in total. The van der Waals surface area contributed by atoms with Gasteiger partial charge in [-0.25, -0.2) is 0 Å². The molecule has 0 spiro atoms. The molecule has 7 aromatic carbocycles. The second kappa shape index (κ2) is 16.1. The maximum atomic E-state index is 12.3. The molecule has 0 saturated heterocycles. The van der Waals surface area contributed by atoms with E-state index < -0.39 is 6.10 Å². The van der Waals surface area contributed by atoms with Crippen molar-refractivity contribution >= 4 is 29.0 Å². The molecule has 6 N–H and O–H groups in total. The van der Waals surface area contributed by atoms with Crippen LogP contribution in [0.15, 0.2) is 127 Å². The van der Waals surface area contributed by atoms with E-state index in [4.69, 9.17) is 0 Å². The largest absolute Gasteiger partial charge is 0.508 e. The Morgan fingerprint density at radius 2 is 1.00 bits per heavy atom. The number of aromatic hydroxyl groups is 5. The summed E-state index contributed by atoms with van der Waals surface area (Å²) in [6.45, 7) is 0. The average Bonchev–Trinajstić information content (AvgIpc) is 3.29. The van der Waals surface area contributed by atoms with E-state index in [-0.39, 0.29) is 53.9 Å². The molecule has 2 atom stereocenters. The number of hydrogen-bond acceptors (Lipinski definition) is 6. The average molecular weight is 817 g/mol. The summed E-state index contributed by atoms with van der Waals surface area (Å²) in [4.78, 5) is 0. The lowest BCUT2D eigenvalue weighted by molar-refractivity contribution is 0.188. The number of fused-ring (bicyclic) bond motifs is 4. The summed E-state index contributed by atoms with van der Waals surface area (Å²) >= 11 is 0. The summed E-state index contributed by atoms with van der Waals surface area (Å²) in [5.74, 6) is 0.364. The second-order valence-electron chi connectivity index (χ2n) is 17.0. The van der Waals surface area contributed by atoms with Crippen LogP contribution in [0.3, 0.4) is 0 Å². The van der Waals surface area contributed by atoms with Gasteiger partial charge >= 0.3 is 0 Å². The van der Waals surface area contributed by atoms with Crippen molar-refractivity contribution in [3.8, 4) is 39.9 Å². The third-order valence-corrected chi connectivity index (χ3v) is 13.3. The molecule has 0 fully saturated rings. The van der Waals surface area contributed by atoms with Gasteiger partial charge in [-0.2, -0.15) is 0 Å². The van der Waals surface area contributed by atoms with Crippen LogP contribution in [-0.4, -0.2) is 36.7 Å². The molecule has 0 amide bonds. The third-order valence-electron chi connectivity index (χ3n) is 13.3. The third kappa shape index (κ3) is 7.20. The molecule has 308 valence electrons. The van der Waals surface area contributed by atoms with Gasteiger partial charge in [0.2, 0.25) is 0 Å². The Hall–Kier alpha value is -7.02. The SMILES string of the molecule is Oc1ccc2c(c1Cc1cc(-c3cc(Cc4c(O)ccc5c4CCC=C5)c(O)c(CC4c5ccccc5C=CC4O)c3)cc(Cc3c(O)ccc4ccccc34)c1O)CCC=C2. The number of phenols is 5. The number of hydrogen-bond donors (Lipinski definition) is 6. The molecule has 10 rings (SSSR count). The first-order chi connectivity index (χ1) is 30.2. The molecular formula is C56H48O6. The topological polar surface area (TPSA) is 121 Å². The number of phenolic OH excluding ortho intramolecular Hbond substituents is 5. The number of allylic oxidation sites excluding steroid dienone is 2. The summed E-state index contributed by atoms with van der Waals surface area (Å²) in [5.41, 5.74) is 12.6. The highest BCUT2D eigenvalue weighted by atomic mass is 16.3. The maximum absolute atomic E-state index is 12.3. The zero-order chi connectivity index (χ0) is 42.5. The summed E-state index contributed by atoms with van der Waals surface area (Å²) in [5, 5.41) is 71.9. The van der Waals surface area contributed by atoms with Crippen LogP contribution in [0.4, 0.5) is 0 Å². The van der Waals surface area contributed by atoms with Gasteiger partial charge in [0.05, 0.1) is 6.10 Å². The normalized spacial score (nSPS) is 16.3. The molecule has 7 aromatic rings. The maximum Gasteiger partial charge on any atom is 0.122 e. The highest BCUT2D eigenvalue weighted by Gasteiger charge is 2.28. The van der Waals surface area contributed by atoms with E-state index in [9.17, 15) is 30.6 Å². The predicted octanol–water partition coefficient (Wildman–Crippen LogP) is 11.4. The Bertz CT molecular complexity index is 3010. The predicted molar refractivity (Wildman–Crippen MR) is 248 cm³/mol. The lowest BCUT2D eigenvalue weighted by atomic mass is 9.80. The Morgan fingerprint density at radius 1 is 0.484 bits per heavy atom. The standard InChI is InChI=1S/C56H48O6/c57-51-21-17-33-9-1-5-13-43(33)47(51)29-39-25-37(26-40(55(39)61)30-48-44-14-6-2-10-34(44)18-22-52(48)58)38-27-41(31-49-45-15-7-3-11-35(45)19-23-53(49)59)56(62)42(28-38)32-50-46-16-8-4-12-36(46)20-24-54(50)60/h1-5,7,9-13,15,17-28,47,51,57-62H,6,8,14,16,29-32H2. The molecule has 3 aliphatic rings. The fraction of sp³-hybridized carbons (Fsp3) is 0.179. The van der Waals surface area contributed by atoms with Crippen molar-refractivity contribution in [1.29, 1.82) is 0 Å². The van der Waals surface area contributed by atoms with Crippen LogP contribution < -0.4 is 0 Å². The van der Waals surface area contributed by atoms with Crippen molar-refractivity contribution in [2.24, 2.45) is 0 Å². The molecule has 62 heavy (non-hydrogen) atoms. The van der Waals surface area contributed by atoms with Crippen LogP contribution in [0.2, 0.25) is 0 Å². The summed E-state index contributed by atoms with van der Waals surface area (Å²) in [6, 6.07) is 34.7. The lowest BCUT2D eigenvalue weighted by Gasteiger charge is -2.27. The molecule has 0 bridgehead atoms. The van der Waals surface area contributed by atoms with Gasteiger partial charge in [0.25, 0.3) is 0 Å². The Kier molecular flexibility index (Phi) is 10.2. The minimum absolute atomic E-state index is 0.0891. The zero-order valence-electron chi connectivity index (χ0n) is 34.4. The minimum Gasteiger partial charge on any atom is -0.508 e. The van der Waals surface area contributed by atoms with Crippen LogP contribution in [0, 0.1) is 0 Å². The van der Waals surface area contributed by atoms with E-state index in [2.05, 4.69) is 24.3 Å². The lowest BCUT2D eigenvalue weighted by Crippen LogP contribution is -2.22. The summed E-state index contributed by atoms with van der Waals surface area (Å²) in [7, 11) is 0. The zero-order valence-corrected chi connectivity index (χ0v) is 34.4. The van der Waals surface area contributed by atoms with E-state index >= 15 is 0 Å². The van der Waals surface area contributed by atoms with Gasteiger partial charge in [0.15, 0.2) is 0 Å². The van der Waals surface area contributed by atoms with Crippen molar-refractivity contribution in [2.45, 2.75) is 63.4 Å². The smallest absolute Gasteiger partial charge is 0.122 e. The van der Waals surface area contributed by atoms with Crippen LogP contribution >= 0.6 is 0 Å². The Balaban J connectivity index is 1.16. The van der Waals surface area contributed by atoms with E-state index in [0.29, 0.717) is 34.2 Å². The molecule has 0 aromatic heterocycles. The van der Waals surface area contributed by atoms with Crippen LogP contribution in [0.1, 0.15) is 91.1 Å². The number of aliphatic hydroxyl groups excluding tert-OH is 1. The number of benzene rings is 7. The Labute approximate surface area is 361 Å². The van der Waals surface area contributed by atoms with Gasteiger partial charge in [-0.3, -0.25) is 0 Å². The first-order valence-electron chi connectivity index (χ1n) is 21.6. The molecule has 2 unspecified atom stereocenters. The van der Waals surface area contributed by atoms with Gasteiger partial charge in [0, 0.05) is 41.9 Å². The highest BCUT2D eigenvalue weighted by molar-refractivity contribution is 5.88. The molecule has 6 heteroatoms. The van der Waals surface area contributed by atoms with E-state index in [1.54, 1.807) is 18.2 Å². The molecule has 0 aliphatic heterocycles.